The first kappa shape index (κ1) is 16.2. The minimum atomic E-state index is 0.0198. The topological polar surface area (TPSA) is 41.6 Å². The molecule has 0 aliphatic carbocycles. The van der Waals surface area contributed by atoms with Gasteiger partial charge in [-0.2, -0.15) is 0 Å². The molecule has 19 heavy (non-hydrogen) atoms. The molecule has 1 heterocycles. The maximum Gasteiger partial charge on any atom is 0.246 e. The molecular weight excluding hydrogens is 240 g/mol. The van der Waals surface area contributed by atoms with Gasteiger partial charge < -0.3 is 10.1 Å². The molecule has 1 aliphatic heterocycles. The molecule has 1 atom stereocenters. The van der Waals surface area contributed by atoms with E-state index in [0.29, 0.717) is 6.54 Å². The summed E-state index contributed by atoms with van der Waals surface area (Å²) in [6.07, 6.45) is 3.88. The van der Waals surface area contributed by atoms with E-state index in [1.165, 1.54) is 0 Å². The first-order chi connectivity index (χ1) is 9.03. The van der Waals surface area contributed by atoms with Crippen molar-refractivity contribution in [3.05, 3.63) is 11.6 Å². The predicted molar refractivity (Wildman–Crippen MR) is 78.1 cm³/mol. The van der Waals surface area contributed by atoms with Gasteiger partial charge >= 0.3 is 0 Å². The molecule has 1 saturated heterocycles. The summed E-state index contributed by atoms with van der Waals surface area (Å²) < 4.78 is 5.40. The van der Waals surface area contributed by atoms with Crippen LogP contribution in [0.15, 0.2) is 11.6 Å². The molecule has 1 fully saturated rings. The number of hydrogen-bond donors (Lipinski definition) is 1. The van der Waals surface area contributed by atoms with E-state index in [1.807, 2.05) is 19.9 Å². The van der Waals surface area contributed by atoms with Crippen molar-refractivity contribution in [2.75, 3.05) is 32.8 Å². The van der Waals surface area contributed by atoms with Gasteiger partial charge in [-0.05, 0) is 26.7 Å². The molecule has 0 bridgehead atoms. The molecule has 1 rings (SSSR count). The standard InChI is InChI=1S/C15H28N2O2/c1-5-7-13(3)14(18)16-12-15(4,6-2)17-8-10-19-11-9-17/h7H,5-6,8-12H2,1-4H3,(H,16,18). The quantitative estimate of drug-likeness (QED) is 0.749. The first-order valence-electron chi connectivity index (χ1n) is 7.31. The van der Waals surface area contributed by atoms with Crippen LogP contribution in [0.4, 0.5) is 0 Å². The molecule has 0 aromatic rings. The van der Waals surface area contributed by atoms with Gasteiger partial charge in [0.1, 0.15) is 0 Å². The van der Waals surface area contributed by atoms with Crippen LogP contribution >= 0.6 is 0 Å². The van der Waals surface area contributed by atoms with E-state index in [9.17, 15) is 4.79 Å². The number of rotatable bonds is 6. The predicted octanol–water partition coefficient (Wildman–Crippen LogP) is 1.96. The summed E-state index contributed by atoms with van der Waals surface area (Å²) in [6.45, 7) is 12.5. The Hall–Kier alpha value is -0.870. The van der Waals surface area contributed by atoms with Crippen LogP contribution in [-0.2, 0) is 9.53 Å². The Labute approximate surface area is 117 Å². The Morgan fingerprint density at radius 1 is 1.37 bits per heavy atom. The highest BCUT2D eigenvalue weighted by Crippen LogP contribution is 2.20. The molecule has 1 aliphatic rings. The lowest BCUT2D eigenvalue weighted by Crippen LogP contribution is -2.56. The smallest absolute Gasteiger partial charge is 0.246 e. The van der Waals surface area contributed by atoms with Crippen LogP contribution in [0.3, 0.4) is 0 Å². The maximum atomic E-state index is 12.0. The van der Waals surface area contributed by atoms with Crippen LogP contribution < -0.4 is 5.32 Å². The fourth-order valence-corrected chi connectivity index (χ4v) is 2.37. The van der Waals surface area contributed by atoms with Crippen LogP contribution in [0.2, 0.25) is 0 Å². The zero-order valence-corrected chi connectivity index (χ0v) is 12.8. The van der Waals surface area contributed by atoms with Crippen molar-refractivity contribution in [3.63, 3.8) is 0 Å². The summed E-state index contributed by atoms with van der Waals surface area (Å²) in [5, 5.41) is 3.07. The minimum absolute atomic E-state index is 0.0198. The van der Waals surface area contributed by atoms with Crippen molar-refractivity contribution in [1.82, 2.24) is 10.2 Å². The summed E-state index contributed by atoms with van der Waals surface area (Å²) in [7, 11) is 0. The van der Waals surface area contributed by atoms with Crippen LogP contribution in [-0.4, -0.2) is 49.2 Å². The second-order valence-electron chi connectivity index (χ2n) is 5.43. The van der Waals surface area contributed by atoms with Crippen molar-refractivity contribution in [2.45, 2.75) is 46.1 Å². The molecule has 0 aromatic heterocycles. The van der Waals surface area contributed by atoms with Crippen LogP contribution in [0, 0.1) is 0 Å². The lowest BCUT2D eigenvalue weighted by atomic mass is 9.95. The zero-order chi connectivity index (χ0) is 14.3. The number of hydrogen-bond acceptors (Lipinski definition) is 3. The van der Waals surface area contributed by atoms with Gasteiger partial charge in [-0.15, -0.1) is 0 Å². The van der Waals surface area contributed by atoms with E-state index in [4.69, 9.17) is 4.74 Å². The van der Waals surface area contributed by atoms with Crippen molar-refractivity contribution < 1.29 is 9.53 Å². The van der Waals surface area contributed by atoms with Gasteiger partial charge in [0.25, 0.3) is 0 Å². The van der Waals surface area contributed by atoms with Crippen molar-refractivity contribution >= 4 is 5.91 Å². The zero-order valence-electron chi connectivity index (χ0n) is 12.8. The van der Waals surface area contributed by atoms with E-state index < -0.39 is 0 Å². The van der Waals surface area contributed by atoms with E-state index in [0.717, 1.165) is 44.7 Å². The highest BCUT2D eigenvalue weighted by atomic mass is 16.5. The summed E-state index contributed by atoms with van der Waals surface area (Å²) in [5.74, 6) is 0.0507. The van der Waals surface area contributed by atoms with Crippen molar-refractivity contribution in [3.8, 4) is 0 Å². The average Bonchev–Trinajstić information content (AvgIpc) is 2.45. The third-order valence-electron chi connectivity index (χ3n) is 4.03. The molecule has 4 nitrogen and oxygen atoms in total. The Bertz CT molecular complexity index is 322. The largest absolute Gasteiger partial charge is 0.379 e. The monoisotopic (exact) mass is 268 g/mol. The molecule has 0 aromatic carbocycles. The lowest BCUT2D eigenvalue weighted by Gasteiger charge is -2.43. The van der Waals surface area contributed by atoms with Crippen LogP contribution in [0.5, 0.6) is 0 Å². The third-order valence-corrected chi connectivity index (χ3v) is 4.03. The van der Waals surface area contributed by atoms with Gasteiger partial charge in [-0.25, -0.2) is 0 Å². The van der Waals surface area contributed by atoms with Crippen LogP contribution in [0.25, 0.3) is 0 Å². The Kier molecular flexibility index (Phi) is 6.52. The minimum Gasteiger partial charge on any atom is -0.379 e. The SMILES string of the molecule is CCC=C(C)C(=O)NCC(C)(CC)N1CCOCC1. The highest BCUT2D eigenvalue weighted by Gasteiger charge is 2.31. The fourth-order valence-electron chi connectivity index (χ4n) is 2.37. The van der Waals surface area contributed by atoms with Gasteiger partial charge in [0.05, 0.1) is 13.2 Å². The molecular formula is C15H28N2O2. The number of allylic oxidation sites excluding steroid dienone is 1. The molecule has 0 spiro atoms. The second kappa shape index (κ2) is 7.65. The van der Waals surface area contributed by atoms with Gasteiger partial charge in [0, 0.05) is 30.7 Å². The average molecular weight is 268 g/mol. The number of nitrogens with one attached hydrogen (secondary N) is 1. The highest BCUT2D eigenvalue weighted by molar-refractivity contribution is 5.92. The third kappa shape index (κ3) is 4.62. The number of morpholine rings is 1. The van der Waals surface area contributed by atoms with E-state index in [1.54, 1.807) is 0 Å². The van der Waals surface area contributed by atoms with Crippen LogP contribution in [0.1, 0.15) is 40.5 Å². The Balaban J connectivity index is 2.55. The number of ether oxygens (including phenoxy) is 1. The number of carbonyl (C=O) groups excluding carboxylic acids is 1. The number of nitrogens with zero attached hydrogens (tertiary/aromatic N) is 1. The summed E-state index contributed by atoms with van der Waals surface area (Å²) in [4.78, 5) is 14.4. The second-order valence-corrected chi connectivity index (χ2v) is 5.43. The summed E-state index contributed by atoms with van der Waals surface area (Å²) >= 11 is 0. The van der Waals surface area contributed by atoms with Gasteiger partial charge in [0.15, 0.2) is 0 Å². The van der Waals surface area contributed by atoms with Crippen molar-refractivity contribution in [2.24, 2.45) is 0 Å². The van der Waals surface area contributed by atoms with Gasteiger partial charge in [0.2, 0.25) is 5.91 Å². The van der Waals surface area contributed by atoms with E-state index in [2.05, 4.69) is 24.1 Å². The Morgan fingerprint density at radius 3 is 2.53 bits per heavy atom. The molecule has 1 amide bonds. The number of carbonyl (C=O) groups is 1. The molecule has 110 valence electrons. The summed E-state index contributed by atoms with van der Waals surface area (Å²) in [6, 6.07) is 0. The molecule has 0 saturated carbocycles. The maximum absolute atomic E-state index is 12.0. The van der Waals surface area contributed by atoms with Gasteiger partial charge in [-0.1, -0.05) is 19.9 Å². The summed E-state index contributed by atoms with van der Waals surface area (Å²) in [5.41, 5.74) is 0.828. The molecule has 4 heteroatoms. The van der Waals surface area contributed by atoms with E-state index in [-0.39, 0.29) is 11.4 Å². The van der Waals surface area contributed by atoms with Crippen molar-refractivity contribution in [1.29, 1.82) is 0 Å². The number of amides is 1. The normalized spacial score (nSPS) is 20.9. The first-order valence-corrected chi connectivity index (χ1v) is 7.31. The molecule has 1 N–H and O–H groups in total. The fraction of sp³-hybridized carbons (Fsp3) is 0.800. The lowest BCUT2D eigenvalue weighted by molar-refractivity contribution is -0.118. The van der Waals surface area contributed by atoms with Gasteiger partial charge in [-0.3, -0.25) is 9.69 Å². The van der Waals surface area contributed by atoms with E-state index >= 15 is 0 Å². The Morgan fingerprint density at radius 2 is 2.00 bits per heavy atom. The molecule has 0 radical (unpaired) electrons. The molecule has 1 unspecified atom stereocenters.